The summed E-state index contributed by atoms with van der Waals surface area (Å²) >= 11 is 0. The molecule has 0 radical (unpaired) electrons. The van der Waals surface area contributed by atoms with Crippen LogP contribution in [0.15, 0.2) is 85.4 Å². The number of carbonyl (C=O) groups is 7. The van der Waals surface area contributed by atoms with Gasteiger partial charge in [0.2, 0.25) is 5.78 Å². The highest BCUT2D eigenvalue weighted by atomic mass is 32.2. The van der Waals surface area contributed by atoms with Gasteiger partial charge in [-0.15, -0.1) is 6.42 Å². The molecule has 2 fully saturated rings. The molecule has 0 aromatic rings. The fraction of sp³-hybridized carbons (Fsp3) is 0.652. The molecule has 2 rings (SSSR count). The van der Waals surface area contributed by atoms with Crippen LogP contribution < -0.4 is 0 Å². The van der Waals surface area contributed by atoms with Crippen molar-refractivity contribution in [1.29, 1.82) is 0 Å². The molecule has 0 amide bonds. The number of ketones is 7. The average molecular weight is 1160 g/mol. The number of hydrogen-bond acceptors (Lipinski definition) is 14. The summed E-state index contributed by atoms with van der Waals surface area (Å²) in [4.78, 5) is 87.1. The zero-order chi connectivity index (χ0) is 64.9. The number of likely N-dealkylation sites (tertiary alicyclic amines) is 2. The molecule has 0 N–H and O–H groups in total. The third-order valence-electron chi connectivity index (χ3n) is 11.6. The standard InChI is InChI=1S/2C11H19NO.3C9H17NO.C6H10O.C6H8O.C5H10O2S/c2*1-9(2)11(13)7-6-10-5-4-8-12(10)3;1-7(2)9(11)8(3)6-10(4)5;2*1-8(2)9(11)6-5-7-10(3)4;2*1-4-6(7)5(2)3;1-4-8(6,7)5(2)3/h2*6-7,9-10H,4-5,8H2,1-3H3;7H,3,6H2,1-2,4-5H3;2*5-6,8H,7H2,1-4H3;4-5H,1H2,2-3H3;1,5H,2-3H3;4-5H,1H2,2-3H3/b2*7-6+;;6-5+;6-5-;;;/t2*10-;;;;;;/m10....../s1. The number of Topliss-reactive ketones (excluding diaryl/α,β-unsaturated/α-hetero) is 2. The van der Waals surface area contributed by atoms with E-state index in [1.807, 2.05) is 158 Å². The van der Waals surface area contributed by atoms with Gasteiger partial charge in [-0.25, -0.2) is 8.42 Å². The lowest BCUT2D eigenvalue weighted by Gasteiger charge is -2.14. The van der Waals surface area contributed by atoms with E-state index in [0.29, 0.717) is 24.2 Å². The van der Waals surface area contributed by atoms with Gasteiger partial charge >= 0.3 is 0 Å². The first-order valence-electron chi connectivity index (χ1n) is 28.6. The maximum atomic E-state index is 11.3. The number of allylic oxidation sites excluding steroid dienone is 5. The molecule has 0 bridgehead atoms. The lowest BCUT2D eigenvalue weighted by atomic mass is 10.0. The smallest absolute Gasteiger partial charge is 0.207 e. The summed E-state index contributed by atoms with van der Waals surface area (Å²) in [6.07, 6.45) is 25.7. The number of sulfone groups is 1. The van der Waals surface area contributed by atoms with Gasteiger partial charge in [0.05, 0.1) is 5.25 Å². The minimum absolute atomic E-state index is 0.00926. The fourth-order valence-electron chi connectivity index (χ4n) is 5.76. The number of nitrogens with zero attached hydrogens (tertiary/aromatic N) is 5. The van der Waals surface area contributed by atoms with Gasteiger partial charge in [0.25, 0.3) is 0 Å². The molecule has 2 heterocycles. The Bertz CT molecular complexity index is 2030. The van der Waals surface area contributed by atoms with E-state index >= 15 is 0 Å². The van der Waals surface area contributed by atoms with Crippen LogP contribution in [0.5, 0.6) is 0 Å². The second-order valence-corrected chi connectivity index (χ2v) is 25.7. The molecule has 2 aliphatic rings. The molecule has 0 aliphatic carbocycles. The molecular formula is C66H117N5O9S. The van der Waals surface area contributed by atoms with E-state index < -0.39 is 9.84 Å². The van der Waals surface area contributed by atoms with E-state index in [9.17, 15) is 42.0 Å². The van der Waals surface area contributed by atoms with Crippen molar-refractivity contribution < 1.29 is 42.0 Å². The van der Waals surface area contributed by atoms with Gasteiger partial charge in [0, 0.05) is 84.1 Å². The van der Waals surface area contributed by atoms with Gasteiger partial charge in [-0.05, 0) is 145 Å². The monoisotopic (exact) mass is 1160 g/mol. The highest BCUT2D eigenvalue weighted by Crippen LogP contribution is 2.17. The Kier molecular flexibility index (Phi) is 54.9. The zero-order valence-electron chi connectivity index (χ0n) is 55.4. The Morgan fingerprint density at radius 3 is 1.01 bits per heavy atom. The second-order valence-electron chi connectivity index (χ2n) is 23.2. The molecular weight excluding hydrogens is 1040 g/mol. The quantitative estimate of drug-likeness (QED) is 0.0538. The van der Waals surface area contributed by atoms with Crippen LogP contribution in [0.4, 0.5) is 0 Å². The van der Waals surface area contributed by atoms with Crippen molar-refractivity contribution >= 4 is 50.3 Å². The molecule has 2 aliphatic heterocycles. The second kappa shape index (κ2) is 50.9. The van der Waals surface area contributed by atoms with Crippen molar-refractivity contribution in [1.82, 2.24) is 24.5 Å². The Morgan fingerprint density at radius 1 is 0.531 bits per heavy atom. The Labute approximate surface area is 496 Å². The summed E-state index contributed by atoms with van der Waals surface area (Å²) in [5, 5.41) is 0.650. The summed E-state index contributed by atoms with van der Waals surface area (Å²) in [6.45, 7) is 44.5. The van der Waals surface area contributed by atoms with Crippen molar-refractivity contribution in [3.05, 3.63) is 85.4 Å². The Hall–Kier alpha value is -4.82. The highest BCUT2D eigenvalue weighted by Gasteiger charge is 2.19. The number of rotatable bonds is 23. The summed E-state index contributed by atoms with van der Waals surface area (Å²) in [7, 11) is 13.0. The lowest BCUT2D eigenvalue weighted by Crippen LogP contribution is -2.22. The first kappa shape index (κ1) is 87.4. The van der Waals surface area contributed by atoms with Crippen LogP contribution in [0.2, 0.25) is 0 Å². The van der Waals surface area contributed by atoms with Crippen molar-refractivity contribution in [2.45, 2.75) is 154 Å². The summed E-state index contributed by atoms with van der Waals surface area (Å²) < 4.78 is 21.2. The van der Waals surface area contributed by atoms with Gasteiger partial charge < -0.3 is 14.7 Å². The zero-order valence-corrected chi connectivity index (χ0v) is 56.2. The van der Waals surface area contributed by atoms with E-state index in [2.05, 4.69) is 55.8 Å². The molecule has 466 valence electrons. The van der Waals surface area contributed by atoms with Gasteiger partial charge in [0.1, 0.15) is 0 Å². The maximum Gasteiger partial charge on any atom is 0.207 e. The van der Waals surface area contributed by atoms with Crippen LogP contribution in [0.1, 0.15) is 136 Å². The minimum atomic E-state index is -2.97. The highest BCUT2D eigenvalue weighted by molar-refractivity contribution is 7.94. The molecule has 2 atom stereocenters. The topological polar surface area (TPSA) is 170 Å². The van der Waals surface area contributed by atoms with E-state index in [1.54, 1.807) is 52.0 Å². The Morgan fingerprint density at radius 2 is 0.852 bits per heavy atom. The van der Waals surface area contributed by atoms with Crippen molar-refractivity contribution in [2.24, 2.45) is 41.4 Å². The number of terminal acetylenes is 1. The van der Waals surface area contributed by atoms with E-state index in [1.165, 1.54) is 31.8 Å². The molecule has 15 heteroatoms. The predicted molar refractivity (Wildman–Crippen MR) is 345 cm³/mol. The molecule has 0 saturated carbocycles. The number of likely N-dealkylation sites (N-methyl/N-ethyl adjacent to an activating group) is 5. The Balaban J connectivity index is -0.000000200. The molecule has 0 spiro atoms. The van der Waals surface area contributed by atoms with Crippen molar-refractivity contribution in [3.8, 4) is 12.3 Å². The van der Waals surface area contributed by atoms with Crippen LogP contribution in [-0.2, 0) is 43.4 Å². The lowest BCUT2D eigenvalue weighted by molar-refractivity contribution is -0.119. The molecule has 14 nitrogen and oxygen atoms in total. The van der Waals surface area contributed by atoms with Gasteiger partial charge in [-0.2, -0.15) is 0 Å². The van der Waals surface area contributed by atoms with Crippen LogP contribution in [0.25, 0.3) is 0 Å². The largest absolute Gasteiger partial charge is 0.306 e. The van der Waals surface area contributed by atoms with E-state index in [4.69, 9.17) is 6.42 Å². The van der Waals surface area contributed by atoms with Crippen LogP contribution in [-0.4, -0.2) is 180 Å². The summed E-state index contributed by atoms with van der Waals surface area (Å²) in [5.41, 5.74) is 0.699. The fourth-order valence-corrected chi connectivity index (χ4v) is 6.15. The third kappa shape index (κ3) is 54.2. The average Bonchev–Trinajstić information content (AvgIpc) is 4.00. The van der Waals surface area contributed by atoms with Crippen LogP contribution in [0.3, 0.4) is 0 Å². The van der Waals surface area contributed by atoms with Crippen LogP contribution >= 0.6 is 0 Å². The van der Waals surface area contributed by atoms with Gasteiger partial charge in [-0.1, -0.05) is 141 Å². The SMILES string of the molecule is C#CC(=O)C(C)C.C=C(CN(C)C)C(=O)C(C)C.C=CC(=O)C(C)C.C=CS(=O)(=O)C(C)C.CC(C)C(=O)/C=C/CN(C)C.CC(C)C(=O)/C=C/[C@@H]1CCCN1C.CC(C)C(=O)/C=C/[C@H]1CCCN1C.CC(C)C(=O)/C=C\CN(C)C. The predicted octanol–water partition coefficient (Wildman–Crippen LogP) is 10.9. The number of carbonyl (C=O) groups excluding carboxylic acids is 7. The van der Waals surface area contributed by atoms with Crippen molar-refractivity contribution in [3.63, 3.8) is 0 Å². The minimum Gasteiger partial charge on any atom is -0.306 e. The molecule has 2 saturated heterocycles. The van der Waals surface area contributed by atoms with E-state index in [0.717, 1.165) is 31.6 Å². The van der Waals surface area contributed by atoms with E-state index in [-0.39, 0.29) is 87.2 Å². The first-order chi connectivity index (χ1) is 37.1. The third-order valence-corrected chi connectivity index (χ3v) is 13.4. The molecule has 0 aromatic heterocycles. The van der Waals surface area contributed by atoms with Crippen molar-refractivity contribution in [2.75, 3.05) is 89.1 Å². The molecule has 0 unspecified atom stereocenters. The van der Waals surface area contributed by atoms with Gasteiger partial charge in [-0.3, -0.25) is 43.4 Å². The van der Waals surface area contributed by atoms with Gasteiger partial charge in [0.15, 0.2) is 44.5 Å². The summed E-state index contributed by atoms with van der Waals surface area (Å²) in [5.74, 6) is 3.72. The molecule has 81 heavy (non-hydrogen) atoms. The number of hydrogen-bond donors (Lipinski definition) is 0. The normalized spacial score (nSPS) is 15.3. The maximum absolute atomic E-state index is 11.3. The first-order valence-corrected chi connectivity index (χ1v) is 30.2. The van der Waals surface area contributed by atoms with Crippen LogP contribution in [0, 0.1) is 53.8 Å². The molecule has 0 aromatic carbocycles. The summed E-state index contributed by atoms with van der Waals surface area (Å²) in [6, 6.07) is 0.977.